The largest absolute Gasteiger partial charge is 0.327 e. The van der Waals surface area contributed by atoms with Crippen LogP contribution in [-0.4, -0.2) is 0 Å². The molecule has 9 heavy (non-hydrogen) atoms. The van der Waals surface area contributed by atoms with E-state index in [0.717, 1.165) is 11.3 Å². The molecule has 50 valence electrons. The number of rotatable bonds is 2. The third-order valence-corrected chi connectivity index (χ3v) is 1.03. The van der Waals surface area contributed by atoms with Crippen LogP contribution < -0.4 is 11.3 Å². The molecule has 0 aliphatic carbocycles. The van der Waals surface area contributed by atoms with Crippen LogP contribution in [0, 0.1) is 11.3 Å². The standard InChI is InChI=1S/C6H11N3/c1-5(2)6(9-8)3-4-7/h9H,3,8H2,1-2H3. The molecule has 3 nitrogen and oxygen atoms in total. The first-order valence-electron chi connectivity index (χ1n) is 2.72. The average molecular weight is 125 g/mol. The lowest BCUT2D eigenvalue weighted by Gasteiger charge is -2.02. The Morgan fingerprint density at radius 2 is 2.22 bits per heavy atom. The first-order valence-corrected chi connectivity index (χ1v) is 2.72. The van der Waals surface area contributed by atoms with Crippen molar-refractivity contribution in [3.63, 3.8) is 0 Å². The zero-order chi connectivity index (χ0) is 7.28. The summed E-state index contributed by atoms with van der Waals surface area (Å²) in [5, 5.41) is 8.24. The summed E-state index contributed by atoms with van der Waals surface area (Å²) in [6, 6.07) is 2.00. The van der Waals surface area contributed by atoms with Gasteiger partial charge < -0.3 is 5.43 Å². The molecule has 0 aliphatic rings. The summed E-state index contributed by atoms with van der Waals surface area (Å²) in [5.41, 5.74) is 4.32. The quantitative estimate of drug-likeness (QED) is 0.421. The third-order valence-electron chi connectivity index (χ3n) is 1.03. The molecule has 0 fully saturated rings. The summed E-state index contributed by atoms with van der Waals surface area (Å²) in [4.78, 5) is 0. The van der Waals surface area contributed by atoms with Gasteiger partial charge in [-0.15, -0.1) is 0 Å². The fourth-order valence-corrected chi connectivity index (χ4v) is 0.451. The maximum Gasteiger partial charge on any atom is 0.0762 e. The normalized spacial score (nSPS) is 7.78. The molecule has 0 amide bonds. The summed E-state index contributed by atoms with van der Waals surface area (Å²) >= 11 is 0. The molecule has 0 heterocycles. The minimum absolute atomic E-state index is 0.360. The first kappa shape index (κ1) is 7.99. The van der Waals surface area contributed by atoms with Crippen LogP contribution in [0.4, 0.5) is 0 Å². The molecule has 0 rings (SSSR count). The minimum Gasteiger partial charge on any atom is -0.327 e. The van der Waals surface area contributed by atoms with Crippen LogP contribution in [0.5, 0.6) is 0 Å². The number of hydrogen-bond donors (Lipinski definition) is 2. The molecule has 3 heteroatoms. The lowest BCUT2D eigenvalue weighted by Crippen LogP contribution is -2.21. The van der Waals surface area contributed by atoms with Crippen molar-refractivity contribution >= 4 is 0 Å². The molecule has 0 aliphatic heterocycles. The van der Waals surface area contributed by atoms with Gasteiger partial charge in [-0.3, -0.25) is 5.84 Å². The van der Waals surface area contributed by atoms with Crippen LogP contribution in [-0.2, 0) is 0 Å². The van der Waals surface area contributed by atoms with Crippen LogP contribution in [0.25, 0.3) is 0 Å². The van der Waals surface area contributed by atoms with Crippen molar-refractivity contribution in [1.29, 1.82) is 5.26 Å². The van der Waals surface area contributed by atoms with E-state index >= 15 is 0 Å². The number of allylic oxidation sites excluding steroid dienone is 2. The molecule has 0 saturated carbocycles. The Balaban J connectivity index is 4.03. The molecular formula is C6H11N3. The summed E-state index contributed by atoms with van der Waals surface area (Å²) in [6.45, 7) is 3.82. The molecule has 0 radical (unpaired) electrons. The average Bonchev–Trinajstić information content (AvgIpc) is 1.82. The van der Waals surface area contributed by atoms with E-state index in [4.69, 9.17) is 11.1 Å². The maximum absolute atomic E-state index is 8.24. The Kier molecular flexibility index (Phi) is 3.49. The molecule has 3 N–H and O–H groups in total. The molecule has 0 aromatic rings. The van der Waals surface area contributed by atoms with Crippen molar-refractivity contribution in [3.05, 3.63) is 11.3 Å². The highest BCUT2D eigenvalue weighted by molar-refractivity contribution is 5.10. The second-order valence-electron chi connectivity index (χ2n) is 1.96. The second-order valence-corrected chi connectivity index (χ2v) is 1.96. The Hall–Kier alpha value is -1.01. The maximum atomic E-state index is 8.24. The smallest absolute Gasteiger partial charge is 0.0762 e. The number of nitrogens with one attached hydrogen (secondary N) is 1. The van der Waals surface area contributed by atoms with Crippen molar-refractivity contribution in [1.82, 2.24) is 5.43 Å². The first-order chi connectivity index (χ1) is 4.22. The lowest BCUT2D eigenvalue weighted by atomic mass is 10.2. The van der Waals surface area contributed by atoms with E-state index in [-0.39, 0.29) is 0 Å². The molecule has 0 bridgehead atoms. The third kappa shape index (κ3) is 2.73. The van der Waals surface area contributed by atoms with Gasteiger partial charge in [0, 0.05) is 5.70 Å². The highest BCUT2D eigenvalue weighted by Crippen LogP contribution is 2.00. The number of nitrogens with two attached hydrogens (primary N) is 1. The molecular weight excluding hydrogens is 114 g/mol. The van der Waals surface area contributed by atoms with Crippen LogP contribution >= 0.6 is 0 Å². The summed E-state index contributed by atoms with van der Waals surface area (Å²) in [7, 11) is 0. The fourth-order valence-electron chi connectivity index (χ4n) is 0.451. The van der Waals surface area contributed by atoms with Crippen LogP contribution in [0.2, 0.25) is 0 Å². The monoisotopic (exact) mass is 125 g/mol. The van der Waals surface area contributed by atoms with E-state index in [9.17, 15) is 0 Å². The van der Waals surface area contributed by atoms with Gasteiger partial charge in [-0.05, 0) is 13.8 Å². The van der Waals surface area contributed by atoms with Gasteiger partial charge in [0.15, 0.2) is 0 Å². The van der Waals surface area contributed by atoms with Gasteiger partial charge in [-0.25, -0.2) is 0 Å². The molecule has 0 aromatic carbocycles. The van der Waals surface area contributed by atoms with Crippen LogP contribution in [0.3, 0.4) is 0 Å². The van der Waals surface area contributed by atoms with Crippen molar-refractivity contribution in [2.24, 2.45) is 5.84 Å². The predicted molar refractivity (Wildman–Crippen MR) is 35.9 cm³/mol. The summed E-state index contributed by atoms with van der Waals surface area (Å²) in [6.07, 6.45) is 0.360. The molecule has 0 atom stereocenters. The van der Waals surface area contributed by atoms with E-state index in [0.29, 0.717) is 6.42 Å². The van der Waals surface area contributed by atoms with E-state index in [1.165, 1.54) is 0 Å². The minimum atomic E-state index is 0.360. The Bertz CT molecular complexity index is 148. The van der Waals surface area contributed by atoms with E-state index in [1.54, 1.807) is 0 Å². The van der Waals surface area contributed by atoms with Gasteiger partial charge in [0.2, 0.25) is 0 Å². The topological polar surface area (TPSA) is 61.8 Å². The predicted octanol–water partition coefficient (Wildman–Crippen LogP) is 0.657. The second kappa shape index (κ2) is 3.93. The molecule has 0 aromatic heterocycles. The van der Waals surface area contributed by atoms with E-state index in [2.05, 4.69) is 5.43 Å². The highest BCUT2D eigenvalue weighted by Gasteiger charge is 1.92. The summed E-state index contributed by atoms with van der Waals surface area (Å²) < 4.78 is 0. The number of hydrazine groups is 1. The van der Waals surface area contributed by atoms with Crippen molar-refractivity contribution in [2.45, 2.75) is 20.3 Å². The number of hydrogen-bond acceptors (Lipinski definition) is 3. The zero-order valence-corrected chi connectivity index (χ0v) is 5.73. The highest BCUT2D eigenvalue weighted by atomic mass is 15.2. The molecule has 0 saturated heterocycles. The van der Waals surface area contributed by atoms with Gasteiger partial charge in [-0.1, -0.05) is 5.57 Å². The van der Waals surface area contributed by atoms with Crippen LogP contribution in [0.1, 0.15) is 20.3 Å². The van der Waals surface area contributed by atoms with Crippen molar-refractivity contribution < 1.29 is 0 Å². The zero-order valence-electron chi connectivity index (χ0n) is 5.73. The number of nitriles is 1. The van der Waals surface area contributed by atoms with Gasteiger partial charge in [-0.2, -0.15) is 5.26 Å². The fraction of sp³-hybridized carbons (Fsp3) is 0.500. The van der Waals surface area contributed by atoms with E-state index < -0.39 is 0 Å². The van der Waals surface area contributed by atoms with Gasteiger partial charge in [0.1, 0.15) is 0 Å². The summed E-state index contributed by atoms with van der Waals surface area (Å²) in [5.74, 6) is 5.10. The van der Waals surface area contributed by atoms with Crippen molar-refractivity contribution in [2.75, 3.05) is 0 Å². The van der Waals surface area contributed by atoms with Crippen LogP contribution in [0.15, 0.2) is 11.3 Å². The Morgan fingerprint density at radius 3 is 2.33 bits per heavy atom. The lowest BCUT2D eigenvalue weighted by molar-refractivity contribution is 0.835. The Labute approximate surface area is 55.1 Å². The number of nitrogens with zero attached hydrogens (tertiary/aromatic N) is 1. The van der Waals surface area contributed by atoms with Gasteiger partial charge in [0.25, 0.3) is 0 Å². The SMILES string of the molecule is CC(C)=C(CC#N)NN. The Morgan fingerprint density at radius 1 is 1.67 bits per heavy atom. The molecule has 0 unspecified atom stereocenters. The van der Waals surface area contributed by atoms with Gasteiger partial charge >= 0.3 is 0 Å². The molecule has 0 spiro atoms. The van der Waals surface area contributed by atoms with Crippen molar-refractivity contribution in [3.8, 4) is 6.07 Å². The van der Waals surface area contributed by atoms with Gasteiger partial charge in [0.05, 0.1) is 12.5 Å². The van der Waals surface area contributed by atoms with E-state index in [1.807, 2.05) is 19.9 Å².